The molecule has 0 aliphatic carbocycles. The highest BCUT2D eigenvalue weighted by Gasteiger charge is 2.16. The molecule has 1 atom stereocenters. The molecule has 0 aliphatic heterocycles. The minimum absolute atomic E-state index is 0.0148. The number of carbonyl (C=O) groups excluding carboxylic acids is 1. The standard InChI is InChI=1S/C17H18BrNO/c1-11-12(2)16(10-9-15(11)18)19-17(20)13(3)14-7-5-4-6-8-14/h4-10,13H,1-3H3,(H,19,20)/t13-/m0/s1. The van der Waals surface area contributed by atoms with Crippen molar-refractivity contribution >= 4 is 27.5 Å². The normalized spacial score (nSPS) is 12.0. The molecular formula is C17H18BrNO. The van der Waals surface area contributed by atoms with Crippen LogP contribution in [0.25, 0.3) is 0 Å². The van der Waals surface area contributed by atoms with Crippen LogP contribution in [0, 0.1) is 13.8 Å². The lowest BCUT2D eigenvalue weighted by Crippen LogP contribution is -2.19. The minimum Gasteiger partial charge on any atom is -0.325 e. The Morgan fingerprint density at radius 3 is 2.35 bits per heavy atom. The van der Waals surface area contributed by atoms with E-state index in [1.54, 1.807) is 0 Å². The first-order valence-electron chi connectivity index (χ1n) is 6.62. The quantitative estimate of drug-likeness (QED) is 0.859. The monoisotopic (exact) mass is 331 g/mol. The summed E-state index contributed by atoms with van der Waals surface area (Å²) >= 11 is 3.50. The Hall–Kier alpha value is -1.61. The Morgan fingerprint density at radius 1 is 1.05 bits per heavy atom. The van der Waals surface area contributed by atoms with E-state index in [0.717, 1.165) is 26.9 Å². The summed E-state index contributed by atoms with van der Waals surface area (Å²) in [6.07, 6.45) is 0. The van der Waals surface area contributed by atoms with Crippen LogP contribution in [0.2, 0.25) is 0 Å². The van der Waals surface area contributed by atoms with Crippen LogP contribution in [-0.2, 0) is 4.79 Å². The van der Waals surface area contributed by atoms with Gasteiger partial charge >= 0.3 is 0 Å². The maximum absolute atomic E-state index is 12.3. The number of anilines is 1. The van der Waals surface area contributed by atoms with Crippen molar-refractivity contribution in [3.05, 3.63) is 63.6 Å². The molecule has 0 saturated carbocycles. The zero-order valence-corrected chi connectivity index (χ0v) is 13.5. The molecule has 104 valence electrons. The van der Waals surface area contributed by atoms with Gasteiger partial charge in [-0.3, -0.25) is 4.79 Å². The molecule has 20 heavy (non-hydrogen) atoms. The fourth-order valence-corrected chi connectivity index (χ4v) is 2.49. The summed E-state index contributed by atoms with van der Waals surface area (Å²) in [5.74, 6) is -0.152. The van der Waals surface area contributed by atoms with E-state index in [1.807, 2.05) is 63.2 Å². The van der Waals surface area contributed by atoms with E-state index < -0.39 is 0 Å². The number of rotatable bonds is 3. The van der Waals surface area contributed by atoms with E-state index in [-0.39, 0.29) is 11.8 Å². The number of benzene rings is 2. The van der Waals surface area contributed by atoms with Gasteiger partial charge < -0.3 is 5.32 Å². The number of halogens is 1. The Balaban J connectivity index is 2.18. The smallest absolute Gasteiger partial charge is 0.231 e. The third kappa shape index (κ3) is 3.10. The van der Waals surface area contributed by atoms with E-state index >= 15 is 0 Å². The van der Waals surface area contributed by atoms with Crippen molar-refractivity contribution in [2.45, 2.75) is 26.7 Å². The van der Waals surface area contributed by atoms with Gasteiger partial charge in [-0.05, 0) is 49.6 Å². The molecule has 1 N–H and O–H groups in total. The topological polar surface area (TPSA) is 29.1 Å². The van der Waals surface area contributed by atoms with Gasteiger partial charge in [-0.15, -0.1) is 0 Å². The summed E-state index contributed by atoms with van der Waals surface area (Å²) in [7, 11) is 0. The largest absolute Gasteiger partial charge is 0.325 e. The number of amides is 1. The van der Waals surface area contributed by atoms with Crippen molar-refractivity contribution in [3.8, 4) is 0 Å². The van der Waals surface area contributed by atoms with Crippen LogP contribution in [0.4, 0.5) is 5.69 Å². The fraction of sp³-hybridized carbons (Fsp3) is 0.235. The first-order valence-corrected chi connectivity index (χ1v) is 7.41. The van der Waals surface area contributed by atoms with Crippen LogP contribution < -0.4 is 5.32 Å². The molecule has 0 aromatic heterocycles. The second kappa shape index (κ2) is 6.23. The number of nitrogens with one attached hydrogen (secondary N) is 1. The summed E-state index contributed by atoms with van der Waals surface area (Å²) in [5.41, 5.74) is 4.14. The summed E-state index contributed by atoms with van der Waals surface area (Å²) in [4.78, 5) is 12.3. The Bertz CT molecular complexity index is 622. The molecule has 0 heterocycles. The molecule has 2 aromatic carbocycles. The molecule has 0 spiro atoms. The van der Waals surface area contributed by atoms with Crippen molar-refractivity contribution in [3.63, 3.8) is 0 Å². The van der Waals surface area contributed by atoms with Crippen LogP contribution in [0.3, 0.4) is 0 Å². The molecule has 0 radical (unpaired) electrons. The highest BCUT2D eigenvalue weighted by molar-refractivity contribution is 9.10. The minimum atomic E-state index is -0.167. The second-order valence-electron chi connectivity index (χ2n) is 4.97. The van der Waals surface area contributed by atoms with Crippen molar-refractivity contribution in [1.82, 2.24) is 0 Å². The van der Waals surface area contributed by atoms with Gasteiger partial charge in [0.2, 0.25) is 5.91 Å². The highest BCUT2D eigenvalue weighted by atomic mass is 79.9. The molecule has 0 fully saturated rings. The molecule has 0 bridgehead atoms. The molecule has 0 aliphatic rings. The van der Waals surface area contributed by atoms with Crippen molar-refractivity contribution < 1.29 is 4.79 Å². The van der Waals surface area contributed by atoms with Crippen LogP contribution in [0.15, 0.2) is 46.9 Å². The predicted molar refractivity (Wildman–Crippen MR) is 87.1 cm³/mol. The number of hydrogen-bond donors (Lipinski definition) is 1. The van der Waals surface area contributed by atoms with E-state index in [9.17, 15) is 4.79 Å². The van der Waals surface area contributed by atoms with Gasteiger partial charge in [0, 0.05) is 10.2 Å². The zero-order valence-electron chi connectivity index (χ0n) is 11.9. The predicted octanol–water partition coefficient (Wildman–Crippen LogP) is 4.81. The molecule has 1 amide bonds. The summed E-state index contributed by atoms with van der Waals surface area (Å²) in [6, 6.07) is 13.7. The second-order valence-corrected chi connectivity index (χ2v) is 5.82. The molecule has 0 unspecified atom stereocenters. The lowest BCUT2D eigenvalue weighted by Gasteiger charge is -2.15. The zero-order chi connectivity index (χ0) is 14.7. The lowest BCUT2D eigenvalue weighted by molar-refractivity contribution is -0.117. The van der Waals surface area contributed by atoms with Gasteiger partial charge in [0.25, 0.3) is 0 Å². The van der Waals surface area contributed by atoms with E-state index in [1.165, 1.54) is 0 Å². The highest BCUT2D eigenvalue weighted by Crippen LogP contribution is 2.27. The van der Waals surface area contributed by atoms with Crippen LogP contribution in [-0.4, -0.2) is 5.91 Å². The maximum atomic E-state index is 12.3. The Labute approximate surface area is 128 Å². The summed E-state index contributed by atoms with van der Waals surface area (Å²) in [6.45, 7) is 5.98. The summed E-state index contributed by atoms with van der Waals surface area (Å²) in [5, 5.41) is 3.02. The van der Waals surface area contributed by atoms with Gasteiger partial charge in [0.05, 0.1) is 5.92 Å². The van der Waals surface area contributed by atoms with Gasteiger partial charge in [0.1, 0.15) is 0 Å². The van der Waals surface area contributed by atoms with Crippen LogP contribution in [0.1, 0.15) is 29.5 Å². The molecule has 2 nitrogen and oxygen atoms in total. The first kappa shape index (κ1) is 14.8. The molecule has 3 heteroatoms. The number of hydrogen-bond acceptors (Lipinski definition) is 1. The molecule has 2 aromatic rings. The Kier molecular flexibility index (Phi) is 4.61. The molecule has 2 rings (SSSR count). The number of carbonyl (C=O) groups is 1. The van der Waals surface area contributed by atoms with Gasteiger partial charge in [0.15, 0.2) is 0 Å². The Morgan fingerprint density at radius 2 is 1.70 bits per heavy atom. The fourth-order valence-electron chi connectivity index (χ4n) is 2.06. The molecular weight excluding hydrogens is 314 g/mol. The first-order chi connectivity index (χ1) is 9.50. The van der Waals surface area contributed by atoms with Crippen molar-refractivity contribution in [1.29, 1.82) is 0 Å². The van der Waals surface area contributed by atoms with Crippen LogP contribution >= 0.6 is 15.9 Å². The van der Waals surface area contributed by atoms with Gasteiger partial charge in [-0.1, -0.05) is 46.3 Å². The van der Waals surface area contributed by atoms with E-state index in [0.29, 0.717) is 0 Å². The van der Waals surface area contributed by atoms with Crippen molar-refractivity contribution in [2.75, 3.05) is 5.32 Å². The van der Waals surface area contributed by atoms with Crippen LogP contribution in [0.5, 0.6) is 0 Å². The van der Waals surface area contributed by atoms with Gasteiger partial charge in [-0.25, -0.2) is 0 Å². The average Bonchev–Trinajstić information content (AvgIpc) is 2.48. The molecule has 0 saturated heterocycles. The summed E-state index contributed by atoms with van der Waals surface area (Å²) < 4.78 is 1.06. The lowest BCUT2D eigenvalue weighted by atomic mass is 10.00. The SMILES string of the molecule is Cc1c(Br)ccc(NC(=O)[C@@H](C)c2ccccc2)c1C. The van der Waals surface area contributed by atoms with E-state index in [4.69, 9.17) is 0 Å². The van der Waals surface area contributed by atoms with Gasteiger partial charge in [-0.2, -0.15) is 0 Å². The van der Waals surface area contributed by atoms with E-state index in [2.05, 4.69) is 21.2 Å². The average molecular weight is 332 g/mol. The maximum Gasteiger partial charge on any atom is 0.231 e. The third-order valence-corrected chi connectivity index (χ3v) is 4.53. The third-order valence-electron chi connectivity index (χ3n) is 3.67. The van der Waals surface area contributed by atoms with Crippen molar-refractivity contribution in [2.24, 2.45) is 0 Å².